The Hall–Kier alpha value is -7.10. The van der Waals surface area contributed by atoms with E-state index in [4.69, 9.17) is 52.4 Å². The molecular formula is C48H36Cl2F8N2O11. The first-order chi connectivity index (χ1) is 33.8. The van der Waals surface area contributed by atoms with Gasteiger partial charge in [-0.1, -0.05) is 83.9 Å². The van der Waals surface area contributed by atoms with Gasteiger partial charge in [0.25, 0.3) is 37.5 Å². The summed E-state index contributed by atoms with van der Waals surface area (Å²) in [5, 5.41) is 30.1. The zero-order valence-electron chi connectivity index (χ0n) is 36.2. The second-order valence-corrected chi connectivity index (χ2v) is 16.3. The van der Waals surface area contributed by atoms with E-state index < -0.39 is 82.1 Å². The number of aliphatic carboxylic acids is 2. The van der Waals surface area contributed by atoms with Crippen LogP contribution in [0.25, 0.3) is 21.5 Å². The predicted molar refractivity (Wildman–Crippen MR) is 242 cm³/mol. The number of hydrogen-bond acceptors (Lipinski definition) is 9. The number of halogens is 10. The third kappa shape index (κ3) is 11.1. The number of amides is 2. The normalized spacial score (nSPS) is 14.2. The molecule has 8 rings (SSSR count). The van der Waals surface area contributed by atoms with Crippen molar-refractivity contribution in [3.05, 3.63) is 128 Å². The van der Waals surface area contributed by atoms with Crippen molar-refractivity contribution in [3.63, 3.8) is 0 Å². The van der Waals surface area contributed by atoms with E-state index in [9.17, 15) is 59.4 Å². The topological polar surface area (TPSA) is 172 Å². The van der Waals surface area contributed by atoms with Crippen LogP contribution in [0.1, 0.15) is 49.2 Å². The number of aliphatic hydroxyl groups is 1. The van der Waals surface area contributed by atoms with E-state index >= 15 is 0 Å². The lowest BCUT2D eigenvalue weighted by Crippen LogP contribution is -2.28. The summed E-state index contributed by atoms with van der Waals surface area (Å²) >= 11 is 12.6. The van der Waals surface area contributed by atoms with Crippen molar-refractivity contribution in [3.8, 4) is 23.0 Å². The molecule has 6 aromatic rings. The van der Waals surface area contributed by atoms with Gasteiger partial charge in [0.2, 0.25) is 0 Å². The van der Waals surface area contributed by atoms with Crippen LogP contribution < -0.4 is 28.7 Å². The molecular weight excluding hydrogens is 1000 g/mol. The Kier molecular flexibility index (Phi) is 16.0. The Morgan fingerprint density at radius 3 is 1.39 bits per heavy atom. The summed E-state index contributed by atoms with van der Waals surface area (Å²) < 4.78 is 125. The summed E-state index contributed by atoms with van der Waals surface area (Å²) in [6, 6.07) is 20.6. The second kappa shape index (κ2) is 21.9. The fraction of sp³-hybridized carbons (Fsp3) is 0.250. The van der Waals surface area contributed by atoms with Gasteiger partial charge in [0, 0.05) is 27.1 Å². The van der Waals surface area contributed by atoms with Crippen LogP contribution in [0.15, 0.2) is 84.9 Å². The van der Waals surface area contributed by atoms with Crippen molar-refractivity contribution < 1.29 is 88.6 Å². The largest absolute Gasteiger partial charge is 0.487 e. The Morgan fingerprint density at radius 2 is 0.958 bits per heavy atom. The first kappa shape index (κ1) is 51.7. The Bertz CT molecular complexity index is 3040. The molecule has 13 nitrogen and oxygen atoms in total. The molecule has 2 heterocycles. The summed E-state index contributed by atoms with van der Waals surface area (Å²) in [6.07, 6.45) is -13.8. The molecule has 0 fully saturated rings. The Labute approximate surface area is 406 Å². The SMILES string of the molecule is O=C(O)Cc1ccc(N2C(=O)c3c(c(OCC(F)F)c4ccccc4c3OCC(F)F)C2O)c(Cl)c1.O=C(O)Cc1ccc(N2Cc3c(c(OCC(F)F)c4ccccc4c3OCC(F)F)C2=O)c(Cl)c1. The highest BCUT2D eigenvalue weighted by Crippen LogP contribution is 2.52. The second-order valence-electron chi connectivity index (χ2n) is 15.5. The number of rotatable bonds is 18. The monoisotopic (exact) mass is 1040 g/mol. The molecule has 23 heteroatoms. The molecule has 2 aliphatic rings. The van der Waals surface area contributed by atoms with Crippen LogP contribution in [0.4, 0.5) is 46.5 Å². The van der Waals surface area contributed by atoms with Crippen molar-refractivity contribution in [1.82, 2.24) is 0 Å². The first-order valence-electron chi connectivity index (χ1n) is 20.9. The van der Waals surface area contributed by atoms with Gasteiger partial charge >= 0.3 is 11.9 Å². The van der Waals surface area contributed by atoms with Gasteiger partial charge in [-0.25, -0.2) is 35.1 Å². The molecule has 0 radical (unpaired) electrons. The van der Waals surface area contributed by atoms with E-state index in [1.54, 1.807) is 24.3 Å². The maximum absolute atomic E-state index is 13.6. The minimum absolute atomic E-state index is 0.0229. The van der Waals surface area contributed by atoms with E-state index in [0.717, 1.165) is 4.90 Å². The number of ether oxygens (including phenoxy) is 4. The average Bonchev–Trinajstić information content (AvgIpc) is 3.77. The maximum Gasteiger partial charge on any atom is 0.307 e. The van der Waals surface area contributed by atoms with Gasteiger partial charge in [0.05, 0.1) is 57.5 Å². The lowest BCUT2D eigenvalue weighted by atomic mass is 9.98. The van der Waals surface area contributed by atoms with Gasteiger partial charge in [0.1, 0.15) is 49.4 Å². The first-order valence-corrected chi connectivity index (χ1v) is 21.7. The summed E-state index contributed by atoms with van der Waals surface area (Å²) in [5.74, 6) is -4.31. The van der Waals surface area contributed by atoms with Crippen LogP contribution in [-0.4, -0.2) is 91.2 Å². The molecule has 0 bridgehead atoms. The van der Waals surface area contributed by atoms with Gasteiger partial charge in [-0.15, -0.1) is 0 Å². The van der Waals surface area contributed by atoms with Crippen molar-refractivity contribution in [2.24, 2.45) is 0 Å². The molecule has 374 valence electrons. The molecule has 6 aromatic carbocycles. The Morgan fingerprint density at radius 1 is 0.563 bits per heavy atom. The molecule has 71 heavy (non-hydrogen) atoms. The molecule has 0 aromatic heterocycles. The Balaban J connectivity index is 0.000000209. The number of carboxylic acids is 2. The highest BCUT2D eigenvalue weighted by atomic mass is 35.5. The van der Waals surface area contributed by atoms with Gasteiger partial charge in [-0.05, 0) is 35.4 Å². The predicted octanol–water partition coefficient (Wildman–Crippen LogP) is 10.6. The number of carbonyl (C=O) groups excluding carboxylic acids is 2. The van der Waals surface area contributed by atoms with Crippen molar-refractivity contribution in [2.75, 3.05) is 36.2 Å². The number of fused-ring (bicyclic) bond motifs is 4. The molecule has 2 aliphatic heterocycles. The molecule has 1 unspecified atom stereocenters. The van der Waals surface area contributed by atoms with Crippen LogP contribution in [0.5, 0.6) is 23.0 Å². The minimum Gasteiger partial charge on any atom is -0.487 e. The van der Waals surface area contributed by atoms with Crippen LogP contribution in [0.2, 0.25) is 10.0 Å². The van der Waals surface area contributed by atoms with Crippen LogP contribution >= 0.6 is 23.2 Å². The number of anilines is 2. The molecule has 1 atom stereocenters. The standard InChI is InChI=1S/C24H18ClF4NO6.C24H18ClF4NO5/c25-14-7-11(8-18(31)32)5-6-15(14)30-23(33)19-20(24(30)34)22(36-10-17(28)29)13-4-2-1-3-12(13)21(19)35-9-16(26)27;25-16-7-12(8-20(31)32)5-6-17(16)30-9-15-21(24(30)33)23(35-11-19(28)29)14-4-2-1-3-13(14)22(15)34-10-18(26)27/h1-7,16-17,23,33H,8-10H2,(H,31,32);1-7,18-19H,8-11H2,(H,31,32). The third-order valence-electron chi connectivity index (χ3n) is 10.8. The lowest BCUT2D eigenvalue weighted by Gasteiger charge is -2.23. The molecule has 0 spiro atoms. The van der Waals surface area contributed by atoms with Crippen molar-refractivity contribution >= 4 is 79.9 Å². The number of nitrogens with zero attached hydrogens (tertiary/aromatic N) is 2. The molecule has 0 aliphatic carbocycles. The van der Waals surface area contributed by atoms with Crippen molar-refractivity contribution in [2.45, 2.75) is 51.3 Å². The van der Waals surface area contributed by atoms with Crippen LogP contribution in [0, 0.1) is 0 Å². The molecule has 2 amide bonds. The lowest BCUT2D eigenvalue weighted by molar-refractivity contribution is -0.137. The molecule has 0 saturated heterocycles. The number of carboxylic acid groups (broad SMARTS) is 2. The maximum atomic E-state index is 13.6. The summed E-state index contributed by atoms with van der Waals surface area (Å²) in [7, 11) is 0. The molecule has 0 saturated carbocycles. The number of alkyl halides is 8. The minimum atomic E-state index is -2.89. The quantitative estimate of drug-likeness (QED) is 0.0700. The zero-order valence-corrected chi connectivity index (χ0v) is 37.7. The highest BCUT2D eigenvalue weighted by Gasteiger charge is 2.44. The summed E-state index contributed by atoms with van der Waals surface area (Å²) in [4.78, 5) is 51.1. The average molecular weight is 1040 g/mol. The number of aliphatic hydroxyl groups excluding tert-OH is 1. The van der Waals surface area contributed by atoms with Gasteiger partial charge in [-0.2, -0.15) is 0 Å². The van der Waals surface area contributed by atoms with E-state index in [2.05, 4.69) is 0 Å². The number of benzene rings is 6. The highest BCUT2D eigenvalue weighted by molar-refractivity contribution is 6.35. The third-order valence-corrected chi connectivity index (χ3v) is 11.4. The van der Waals surface area contributed by atoms with Gasteiger partial charge in [0.15, 0.2) is 6.23 Å². The van der Waals surface area contributed by atoms with Gasteiger partial charge < -0.3 is 39.2 Å². The number of carbonyl (C=O) groups is 4. The smallest absolute Gasteiger partial charge is 0.307 e. The van der Waals surface area contributed by atoms with Gasteiger partial charge in [-0.3, -0.25) is 24.1 Å². The number of hydrogen-bond donors (Lipinski definition) is 3. The van der Waals surface area contributed by atoms with Crippen LogP contribution in [-0.2, 0) is 29.0 Å². The van der Waals surface area contributed by atoms with E-state index in [1.165, 1.54) is 65.6 Å². The van der Waals surface area contributed by atoms with E-state index in [1.807, 2.05) is 0 Å². The fourth-order valence-electron chi connectivity index (χ4n) is 8.11. The summed E-state index contributed by atoms with van der Waals surface area (Å²) in [5.41, 5.74) is 0.467. The van der Waals surface area contributed by atoms with Crippen LogP contribution in [0.3, 0.4) is 0 Å². The van der Waals surface area contributed by atoms with E-state index in [0.29, 0.717) is 16.5 Å². The van der Waals surface area contributed by atoms with E-state index in [-0.39, 0.29) is 102 Å². The molecule has 3 N–H and O–H groups in total. The summed E-state index contributed by atoms with van der Waals surface area (Å²) in [6.45, 7) is -4.19. The van der Waals surface area contributed by atoms with Crippen molar-refractivity contribution in [1.29, 1.82) is 0 Å². The fourth-order valence-corrected chi connectivity index (χ4v) is 8.71. The zero-order chi connectivity index (χ0) is 51.4.